The van der Waals surface area contributed by atoms with Crippen molar-refractivity contribution in [3.8, 4) is 0 Å². The molecule has 53 valence electrons. The van der Waals surface area contributed by atoms with E-state index in [1.54, 1.807) is 13.5 Å². The third kappa shape index (κ3) is 5.30. The van der Waals surface area contributed by atoms with Crippen molar-refractivity contribution in [1.82, 2.24) is 4.90 Å². The minimum atomic E-state index is 0.345. The van der Waals surface area contributed by atoms with Gasteiger partial charge in [0.1, 0.15) is 6.73 Å². The highest BCUT2D eigenvalue weighted by atomic mass is 16.5. The van der Waals surface area contributed by atoms with Crippen LogP contribution in [0.5, 0.6) is 0 Å². The second-order valence-corrected chi connectivity index (χ2v) is 1.83. The van der Waals surface area contributed by atoms with E-state index >= 15 is 0 Å². The molecule has 0 rings (SSSR count). The number of hydrogen-bond acceptors (Lipinski definition) is 2. The normalized spacial score (nSPS) is 9.11. The number of hydrogen-bond donors (Lipinski definition) is 0. The zero-order valence-electron chi connectivity index (χ0n) is 5.89. The predicted octanol–water partition coefficient (Wildman–Crippen LogP) is 0.369. The van der Waals surface area contributed by atoms with Crippen LogP contribution in [0.1, 0.15) is 13.3 Å². The van der Waals surface area contributed by atoms with E-state index < -0.39 is 0 Å². The standard InChI is InChI=1S/C6H12NO2/c1-3-4-9-6-7(2)5-8/h3-4,6H2,1-2H3. The van der Waals surface area contributed by atoms with Gasteiger partial charge in [0.05, 0.1) is 0 Å². The number of rotatable bonds is 5. The van der Waals surface area contributed by atoms with Crippen LogP contribution in [0.25, 0.3) is 0 Å². The monoisotopic (exact) mass is 130 g/mol. The van der Waals surface area contributed by atoms with Crippen LogP contribution in [-0.2, 0) is 9.53 Å². The zero-order valence-corrected chi connectivity index (χ0v) is 5.89. The highest BCUT2D eigenvalue weighted by molar-refractivity contribution is 5.46. The van der Waals surface area contributed by atoms with Crippen molar-refractivity contribution in [3.63, 3.8) is 0 Å². The summed E-state index contributed by atoms with van der Waals surface area (Å²) >= 11 is 0. The summed E-state index contributed by atoms with van der Waals surface area (Å²) in [4.78, 5) is 11.1. The lowest BCUT2D eigenvalue weighted by molar-refractivity contribution is 0.0748. The molecule has 0 aliphatic carbocycles. The van der Waals surface area contributed by atoms with Gasteiger partial charge in [-0.15, -0.1) is 0 Å². The first-order valence-corrected chi connectivity index (χ1v) is 2.98. The van der Waals surface area contributed by atoms with Crippen LogP contribution in [-0.4, -0.2) is 31.7 Å². The summed E-state index contributed by atoms with van der Waals surface area (Å²) < 4.78 is 5.00. The summed E-state index contributed by atoms with van der Waals surface area (Å²) in [5.74, 6) is 0. The number of nitrogens with zero attached hydrogens (tertiary/aromatic N) is 1. The molecule has 1 amide bonds. The van der Waals surface area contributed by atoms with Gasteiger partial charge in [0.15, 0.2) is 0 Å². The summed E-state index contributed by atoms with van der Waals surface area (Å²) in [7, 11) is 1.63. The average molecular weight is 130 g/mol. The molecule has 0 N–H and O–H groups in total. The van der Waals surface area contributed by atoms with Crippen molar-refractivity contribution in [2.45, 2.75) is 13.3 Å². The lowest BCUT2D eigenvalue weighted by Gasteiger charge is -2.08. The van der Waals surface area contributed by atoms with Gasteiger partial charge < -0.3 is 9.64 Å². The largest absolute Gasteiger partial charge is 0.361 e. The predicted molar refractivity (Wildman–Crippen MR) is 34.6 cm³/mol. The Balaban J connectivity index is 2.96. The molecule has 0 atom stereocenters. The number of carbonyl (C=O) groups excluding carboxylic acids is 1. The fraction of sp³-hybridized carbons (Fsp3) is 0.833. The summed E-state index contributed by atoms with van der Waals surface area (Å²) in [6.45, 7) is 3.06. The molecule has 3 heteroatoms. The van der Waals surface area contributed by atoms with Gasteiger partial charge in [-0.2, -0.15) is 0 Å². The number of ether oxygens (including phenoxy) is 1. The van der Waals surface area contributed by atoms with Gasteiger partial charge >= 0.3 is 6.41 Å². The van der Waals surface area contributed by atoms with Crippen molar-refractivity contribution >= 4 is 6.41 Å². The third-order valence-electron chi connectivity index (χ3n) is 0.789. The molecule has 0 aromatic carbocycles. The van der Waals surface area contributed by atoms with Gasteiger partial charge in [-0.3, -0.25) is 4.79 Å². The molecule has 0 aromatic heterocycles. The molecule has 0 aromatic rings. The van der Waals surface area contributed by atoms with Crippen LogP contribution in [0.3, 0.4) is 0 Å². The summed E-state index contributed by atoms with van der Waals surface area (Å²) in [5, 5.41) is 0. The topological polar surface area (TPSA) is 29.5 Å². The molecule has 0 unspecified atom stereocenters. The summed E-state index contributed by atoms with van der Waals surface area (Å²) in [6, 6.07) is 0. The molecule has 0 saturated heterocycles. The molecule has 3 nitrogen and oxygen atoms in total. The minimum absolute atomic E-state index is 0.345. The molecule has 1 radical (unpaired) electrons. The van der Waals surface area contributed by atoms with E-state index in [0.29, 0.717) is 13.3 Å². The highest BCUT2D eigenvalue weighted by Crippen LogP contribution is 1.81. The van der Waals surface area contributed by atoms with Crippen LogP contribution < -0.4 is 0 Å². The maximum atomic E-state index is 9.82. The Morgan fingerprint density at radius 2 is 2.33 bits per heavy atom. The zero-order chi connectivity index (χ0) is 7.11. The van der Waals surface area contributed by atoms with E-state index in [1.165, 1.54) is 4.90 Å². The molecule has 9 heavy (non-hydrogen) atoms. The van der Waals surface area contributed by atoms with Gasteiger partial charge in [0, 0.05) is 13.7 Å². The van der Waals surface area contributed by atoms with Crippen LogP contribution >= 0.6 is 0 Å². The first kappa shape index (κ1) is 8.43. The van der Waals surface area contributed by atoms with E-state index in [4.69, 9.17) is 4.74 Å². The minimum Gasteiger partial charge on any atom is -0.361 e. The molecule has 0 spiro atoms. The van der Waals surface area contributed by atoms with Crippen LogP contribution in [0.4, 0.5) is 0 Å². The van der Waals surface area contributed by atoms with Crippen LogP contribution in [0.2, 0.25) is 0 Å². The molecular formula is C6H12NO2. The summed E-state index contributed by atoms with van der Waals surface area (Å²) in [6.07, 6.45) is 2.66. The van der Waals surface area contributed by atoms with Gasteiger partial charge in [0.2, 0.25) is 0 Å². The van der Waals surface area contributed by atoms with E-state index in [-0.39, 0.29) is 0 Å². The molecule has 0 fully saturated rings. The van der Waals surface area contributed by atoms with E-state index in [9.17, 15) is 4.79 Å². The Morgan fingerprint density at radius 3 is 2.78 bits per heavy atom. The van der Waals surface area contributed by atoms with E-state index in [1.807, 2.05) is 6.92 Å². The second kappa shape index (κ2) is 5.56. The molecule has 0 saturated carbocycles. The first-order valence-electron chi connectivity index (χ1n) is 2.98. The Kier molecular flexibility index (Phi) is 5.21. The van der Waals surface area contributed by atoms with E-state index in [2.05, 4.69) is 0 Å². The Bertz CT molecular complexity index is 75.5. The Labute approximate surface area is 55.6 Å². The smallest absolute Gasteiger partial charge is 0.313 e. The maximum Gasteiger partial charge on any atom is 0.313 e. The third-order valence-corrected chi connectivity index (χ3v) is 0.789. The lowest BCUT2D eigenvalue weighted by Crippen LogP contribution is -2.19. The van der Waals surface area contributed by atoms with Crippen molar-refractivity contribution in [2.75, 3.05) is 20.4 Å². The van der Waals surface area contributed by atoms with Crippen molar-refractivity contribution in [1.29, 1.82) is 0 Å². The van der Waals surface area contributed by atoms with Crippen molar-refractivity contribution in [2.24, 2.45) is 0 Å². The summed E-state index contributed by atoms with van der Waals surface area (Å²) in [5.41, 5.74) is 0. The van der Waals surface area contributed by atoms with E-state index in [0.717, 1.165) is 6.42 Å². The van der Waals surface area contributed by atoms with Crippen molar-refractivity contribution in [3.05, 3.63) is 0 Å². The average Bonchev–Trinajstić information content (AvgIpc) is 1.89. The quantitative estimate of drug-likeness (QED) is 0.306. The highest BCUT2D eigenvalue weighted by Gasteiger charge is 1.90. The molecular weight excluding hydrogens is 118 g/mol. The fourth-order valence-electron chi connectivity index (χ4n) is 0.372. The maximum absolute atomic E-state index is 9.82. The first-order chi connectivity index (χ1) is 4.31. The lowest BCUT2D eigenvalue weighted by atomic mass is 10.5. The van der Waals surface area contributed by atoms with Crippen molar-refractivity contribution < 1.29 is 9.53 Å². The number of amides is 1. The molecule has 0 heterocycles. The van der Waals surface area contributed by atoms with Gasteiger partial charge in [-0.05, 0) is 6.42 Å². The molecule has 0 aliphatic rings. The molecule has 0 aliphatic heterocycles. The van der Waals surface area contributed by atoms with Crippen LogP contribution in [0, 0.1) is 0 Å². The Morgan fingerprint density at radius 1 is 1.67 bits per heavy atom. The molecule has 0 bridgehead atoms. The van der Waals surface area contributed by atoms with Crippen LogP contribution in [0.15, 0.2) is 0 Å². The second-order valence-electron chi connectivity index (χ2n) is 1.83. The van der Waals surface area contributed by atoms with Gasteiger partial charge in [-0.25, -0.2) is 0 Å². The fourth-order valence-corrected chi connectivity index (χ4v) is 0.372. The Hall–Kier alpha value is -0.570. The SMILES string of the molecule is CCCOCN(C)[C]=O. The van der Waals surface area contributed by atoms with Gasteiger partial charge in [-0.1, -0.05) is 6.92 Å². The van der Waals surface area contributed by atoms with Gasteiger partial charge in [0.25, 0.3) is 0 Å².